The van der Waals surface area contributed by atoms with Gasteiger partial charge in [-0.3, -0.25) is 4.79 Å². The van der Waals surface area contributed by atoms with E-state index in [1.54, 1.807) is 0 Å². The van der Waals surface area contributed by atoms with Crippen LogP contribution in [0.1, 0.15) is 72.1 Å². The minimum atomic E-state index is -0.154. The van der Waals surface area contributed by atoms with Crippen LogP contribution in [0.15, 0.2) is 11.6 Å². The molecule has 2 heteroatoms. The van der Waals surface area contributed by atoms with E-state index in [2.05, 4.69) is 20.8 Å². The number of carbonyl (C=O) groups excluding carboxylic acids is 1. The Hall–Kier alpha value is -0.630. The van der Waals surface area contributed by atoms with Crippen LogP contribution in [-0.2, 0) is 4.79 Å². The molecular formula is C20H32O2. The molecule has 0 spiro atoms. The Kier molecular flexibility index (Phi) is 4.51. The Morgan fingerprint density at radius 3 is 2.68 bits per heavy atom. The molecule has 0 aromatic rings. The Morgan fingerprint density at radius 2 is 2.00 bits per heavy atom. The maximum absolute atomic E-state index is 11.7. The van der Waals surface area contributed by atoms with Crippen LogP contribution in [0.2, 0.25) is 0 Å². The van der Waals surface area contributed by atoms with Crippen molar-refractivity contribution in [3.8, 4) is 0 Å². The summed E-state index contributed by atoms with van der Waals surface area (Å²) in [6, 6.07) is 0. The fourth-order valence-electron chi connectivity index (χ4n) is 6.20. The average molecular weight is 304 g/mol. The molecule has 124 valence electrons. The van der Waals surface area contributed by atoms with Gasteiger partial charge >= 0.3 is 0 Å². The van der Waals surface area contributed by atoms with Gasteiger partial charge in [-0.2, -0.15) is 0 Å². The van der Waals surface area contributed by atoms with Crippen molar-refractivity contribution in [3.05, 3.63) is 11.6 Å². The van der Waals surface area contributed by atoms with Crippen LogP contribution >= 0.6 is 0 Å². The molecule has 0 aromatic carbocycles. The zero-order chi connectivity index (χ0) is 15.9. The van der Waals surface area contributed by atoms with Crippen LogP contribution in [0.4, 0.5) is 0 Å². The highest BCUT2D eigenvalue weighted by molar-refractivity contribution is 5.91. The van der Waals surface area contributed by atoms with E-state index in [9.17, 15) is 9.90 Å². The van der Waals surface area contributed by atoms with Gasteiger partial charge in [-0.25, -0.2) is 0 Å². The molecule has 3 aliphatic rings. The number of rotatable bonds is 3. The average Bonchev–Trinajstić information content (AvgIpc) is 2.54. The maximum Gasteiger partial charge on any atom is 0.155 e. The third-order valence-corrected chi connectivity index (χ3v) is 7.56. The number of hydrogen-bond acceptors (Lipinski definition) is 2. The summed E-state index contributed by atoms with van der Waals surface area (Å²) in [6.07, 6.45) is 10.4. The predicted molar refractivity (Wildman–Crippen MR) is 89.4 cm³/mol. The first kappa shape index (κ1) is 16.2. The van der Waals surface area contributed by atoms with Crippen molar-refractivity contribution in [2.75, 3.05) is 0 Å². The van der Waals surface area contributed by atoms with E-state index >= 15 is 0 Å². The molecule has 2 nitrogen and oxygen atoms in total. The van der Waals surface area contributed by atoms with E-state index < -0.39 is 0 Å². The molecule has 6 atom stereocenters. The van der Waals surface area contributed by atoms with Gasteiger partial charge in [0.05, 0.1) is 6.10 Å². The molecule has 0 aliphatic heterocycles. The second-order valence-electron chi connectivity index (χ2n) is 8.04. The van der Waals surface area contributed by atoms with Crippen LogP contribution in [0, 0.1) is 29.1 Å². The predicted octanol–water partition coefficient (Wildman–Crippen LogP) is 4.52. The normalized spacial score (nSPS) is 43.1. The molecule has 0 aromatic heterocycles. The van der Waals surface area contributed by atoms with Crippen molar-refractivity contribution in [1.29, 1.82) is 0 Å². The summed E-state index contributed by atoms with van der Waals surface area (Å²) >= 11 is 0. The van der Waals surface area contributed by atoms with Crippen LogP contribution in [0.5, 0.6) is 0 Å². The maximum atomic E-state index is 11.7. The lowest BCUT2D eigenvalue weighted by atomic mass is 9.49. The molecule has 6 unspecified atom stereocenters. The summed E-state index contributed by atoms with van der Waals surface area (Å²) in [6.45, 7) is 6.79. The van der Waals surface area contributed by atoms with Gasteiger partial charge in [-0.05, 0) is 80.1 Å². The van der Waals surface area contributed by atoms with Crippen molar-refractivity contribution >= 4 is 5.78 Å². The summed E-state index contributed by atoms with van der Waals surface area (Å²) in [5.41, 5.74) is 1.58. The zero-order valence-electron chi connectivity index (χ0n) is 14.5. The first-order valence-corrected chi connectivity index (χ1v) is 9.44. The molecule has 2 fully saturated rings. The lowest BCUT2D eigenvalue weighted by Crippen LogP contribution is -2.51. The van der Waals surface area contributed by atoms with Crippen molar-refractivity contribution in [1.82, 2.24) is 0 Å². The smallest absolute Gasteiger partial charge is 0.155 e. The monoisotopic (exact) mass is 304 g/mol. The number of aliphatic hydroxyl groups is 1. The third-order valence-electron chi connectivity index (χ3n) is 7.56. The SMILES string of the molecule is CCC(O)C1(CC)CCC2C3CCC(=O)C=C3CCC2C1C. The number of hydrogen-bond donors (Lipinski definition) is 1. The highest BCUT2D eigenvalue weighted by Crippen LogP contribution is 2.58. The first-order valence-electron chi connectivity index (χ1n) is 9.44. The molecule has 0 amide bonds. The molecule has 22 heavy (non-hydrogen) atoms. The van der Waals surface area contributed by atoms with Crippen molar-refractivity contribution in [2.45, 2.75) is 78.2 Å². The van der Waals surface area contributed by atoms with Crippen LogP contribution < -0.4 is 0 Å². The summed E-state index contributed by atoms with van der Waals surface area (Å²) < 4.78 is 0. The van der Waals surface area contributed by atoms with Gasteiger partial charge in [0.15, 0.2) is 5.78 Å². The first-order chi connectivity index (χ1) is 10.5. The molecule has 0 bridgehead atoms. The van der Waals surface area contributed by atoms with E-state index in [0.29, 0.717) is 17.6 Å². The molecule has 2 saturated carbocycles. The second kappa shape index (κ2) is 6.11. The van der Waals surface area contributed by atoms with Gasteiger partial charge in [0.2, 0.25) is 0 Å². The Bertz CT molecular complexity index is 466. The van der Waals surface area contributed by atoms with E-state index in [0.717, 1.165) is 43.9 Å². The minimum Gasteiger partial charge on any atom is -0.393 e. The quantitative estimate of drug-likeness (QED) is 0.832. The number of allylic oxidation sites excluding steroid dienone is 2. The van der Waals surface area contributed by atoms with Crippen LogP contribution in [-0.4, -0.2) is 17.0 Å². The van der Waals surface area contributed by atoms with Crippen LogP contribution in [0.25, 0.3) is 0 Å². The van der Waals surface area contributed by atoms with Gasteiger partial charge < -0.3 is 5.11 Å². The number of fused-ring (bicyclic) bond motifs is 3. The van der Waals surface area contributed by atoms with Gasteiger partial charge in [0, 0.05) is 6.42 Å². The molecule has 3 aliphatic carbocycles. The van der Waals surface area contributed by atoms with E-state index in [1.165, 1.54) is 24.8 Å². The standard InChI is InChI=1S/C20H32O2/c1-4-19(22)20(5-2)11-10-18-16(13(20)3)8-6-14-12-15(21)7-9-17(14)18/h12-13,16-19,22H,4-11H2,1-3H3. The molecule has 0 saturated heterocycles. The molecular weight excluding hydrogens is 272 g/mol. The molecule has 1 N–H and O–H groups in total. The fraction of sp³-hybridized carbons (Fsp3) is 0.850. The summed E-state index contributed by atoms with van der Waals surface area (Å²) in [4.78, 5) is 11.7. The minimum absolute atomic E-state index is 0.127. The van der Waals surface area contributed by atoms with Crippen molar-refractivity contribution in [3.63, 3.8) is 0 Å². The van der Waals surface area contributed by atoms with Gasteiger partial charge in [-0.1, -0.05) is 26.3 Å². The summed E-state index contributed by atoms with van der Waals surface area (Å²) in [5.74, 6) is 3.10. The second-order valence-corrected chi connectivity index (χ2v) is 8.04. The summed E-state index contributed by atoms with van der Waals surface area (Å²) in [5, 5.41) is 10.7. The molecule has 0 heterocycles. The highest BCUT2D eigenvalue weighted by Gasteiger charge is 2.52. The topological polar surface area (TPSA) is 37.3 Å². The Labute approximate surface area is 135 Å². The summed E-state index contributed by atoms with van der Waals surface area (Å²) in [7, 11) is 0. The molecule has 3 rings (SSSR count). The lowest BCUT2D eigenvalue weighted by Gasteiger charge is -2.56. The van der Waals surface area contributed by atoms with Gasteiger partial charge in [0.1, 0.15) is 0 Å². The highest BCUT2D eigenvalue weighted by atomic mass is 16.3. The van der Waals surface area contributed by atoms with E-state index in [1.807, 2.05) is 6.08 Å². The number of carbonyl (C=O) groups is 1. The Balaban J connectivity index is 1.85. The van der Waals surface area contributed by atoms with Crippen molar-refractivity contribution < 1.29 is 9.90 Å². The third kappa shape index (κ3) is 2.38. The Morgan fingerprint density at radius 1 is 1.23 bits per heavy atom. The van der Waals surface area contributed by atoms with Crippen LogP contribution in [0.3, 0.4) is 0 Å². The lowest BCUT2D eigenvalue weighted by molar-refractivity contribution is -0.117. The zero-order valence-corrected chi connectivity index (χ0v) is 14.5. The van der Waals surface area contributed by atoms with Crippen molar-refractivity contribution in [2.24, 2.45) is 29.1 Å². The van der Waals surface area contributed by atoms with E-state index in [-0.39, 0.29) is 11.5 Å². The van der Waals surface area contributed by atoms with E-state index in [4.69, 9.17) is 0 Å². The van der Waals surface area contributed by atoms with Gasteiger partial charge in [-0.15, -0.1) is 0 Å². The fourth-order valence-corrected chi connectivity index (χ4v) is 6.20. The number of ketones is 1. The van der Waals surface area contributed by atoms with Gasteiger partial charge in [0.25, 0.3) is 0 Å². The molecule has 0 radical (unpaired) electrons. The largest absolute Gasteiger partial charge is 0.393 e. The number of aliphatic hydroxyl groups excluding tert-OH is 1.